The predicted octanol–water partition coefficient (Wildman–Crippen LogP) is 14.3. The summed E-state index contributed by atoms with van der Waals surface area (Å²) in [5, 5.41) is 0. The molecule has 52 heavy (non-hydrogen) atoms. The molecule has 0 heterocycles. The molecule has 1 unspecified atom stereocenters. The Kier molecular flexibility index (Phi) is 40.4. The first-order chi connectivity index (χ1) is 25.5. The van der Waals surface area contributed by atoms with E-state index in [9.17, 15) is 14.4 Å². The molecule has 0 fully saturated rings. The summed E-state index contributed by atoms with van der Waals surface area (Å²) in [6.45, 7) is 6.57. The van der Waals surface area contributed by atoms with Gasteiger partial charge in [-0.25, -0.2) is 0 Å². The molecule has 0 aliphatic heterocycles. The molecule has 0 N–H and O–H groups in total. The van der Waals surface area contributed by atoms with E-state index in [0.29, 0.717) is 19.3 Å². The van der Waals surface area contributed by atoms with Gasteiger partial charge in [0.2, 0.25) is 0 Å². The standard InChI is InChI=1S/C46H86O6/c1-4-7-10-13-16-19-22-24-27-30-33-36-39-45(48)51-42-43(41-50-44(47)38-35-32-29-26-21-18-15-12-9-6-3)52-46(49)40-37-34-31-28-25-23-20-17-14-11-8-5-2/h12,15,43H,4-11,13-14,16-42H2,1-3H3/b15-12-. The number of unbranched alkanes of at least 4 members (excludes halogenated alkanes) is 28. The molecule has 0 aromatic carbocycles. The molecule has 0 aliphatic rings. The van der Waals surface area contributed by atoms with Crippen LogP contribution in [0.4, 0.5) is 0 Å². The smallest absolute Gasteiger partial charge is 0.306 e. The first-order valence-electron chi connectivity index (χ1n) is 22.7. The van der Waals surface area contributed by atoms with Crippen LogP contribution in [0.2, 0.25) is 0 Å². The van der Waals surface area contributed by atoms with Crippen molar-refractivity contribution in [1.82, 2.24) is 0 Å². The number of rotatable bonds is 41. The third kappa shape index (κ3) is 39.4. The van der Waals surface area contributed by atoms with Gasteiger partial charge in [-0.05, 0) is 38.5 Å². The third-order valence-electron chi connectivity index (χ3n) is 10.0. The molecule has 0 aliphatic carbocycles. The summed E-state index contributed by atoms with van der Waals surface area (Å²) in [7, 11) is 0. The maximum absolute atomic E-state index is 12.7. The Morgan fingerprint density at radius 1 is 0.365 bits per heavy atom. The summed E-state index contributed by atoms with van der Waals surface area (Å²) in [5.74, 6) is -0.872. The Labute approximate surface area is 322 Å². The first kappa shape index (κ1) is 50.1. The summed E-state index contributed by atoms with van der Waals surface area (Å²) in [5.41, 5.74) is 0. The second kappa shape index (κ2) is 41.9. The summed E-state index contributed by atoms with van der Waals surface area (Å²) in [4.78, 5) is 37.6. The fourth-order valence-electron chi connectivity index (χ4n) is 6.56. The van der Waals surface area contributed by atoms with Crippen LogP contribution in [0, 0.1) is 0 Å². The molecule has 0 spiro atoms. The van der Waals surface area contributed by atoms with Gasteiger partial charge in [0.1, 0.15) is 13.2 Å². The van der Waals surface area contributed by atoms with Gasteiger partial charge in [0.25, 0.3) is 0 Å². The highest BCUT2D eigenvalue weighted by Gasteiger charge is 2.19. The van der Waals surface area contributed by atoms with E-state index in [1.54, 1.807) is 0 Å². The minimum atomic E-state index is -0.763. The molecular weight excluding hydrogens is 648 g/mol. The van der Waals surface area contributed by atoms with Crippen molar-refractivity contribution >= 4 is 17.9 Å². The van der Waals surface area contributed by atoms with Gasteiger partial charge < -0.3 is 14.2 Å². The summed E-state index contributed by atoms with van der Waals surface area (Å²) >= 11 is 0. The maximum Gasteiger partial charge on any atom is 0.306 e. The molecule has 6 heteroatoms. The Morgan fingerprint density at radius 3 is 1.04 bits per heavy atom. The lowest BCUT2D eigenvalue weighted by atomic mass is 10.0. The molecule has 0 saturated carbocycles. The zero-order valence-corrected chi connectivity index (χ0v) is 34.8. The lowest BCUT2D eigenvalue weighted by Gasteiger charge is -2.18. The molecule has 0 radical (unpaired) electrons. The summed E-state index contributed by atoms with van der Waals surface area (Å²) < 4.78 is 16.7. The number of ether oxygens (including phenoxy) is 3. The molecule has 0 aromatic rings. The highest BCUT2D eigenvalue weighted by atomic mass is 16.6. The molecule has 0 rings (SSSR count). The van der Waals surface area contributed by atoms with E-state index in [0.717, 1.165) is 70.6 Å². The van der Waals surface area contributed by atoms with E-state index in [4.69, 9.17) is 14.2 Å². The van der Waals surface area contributed by atoms with Crippen LogP contribution >= 0.6 is 0 Å². The van der Waals surface area contributed by atoms with E-state index < -0.39 is 6.10 Å². The molecular formula is C46H86O6. The van der Waals surface area contributed by atoms with Gasteiger partial charge in [-0.1, -0.05) is 200 Å². The zero-order valence-electron chi connectivity index (χ0n) is 34.8. The van der Waals surface area contributed by atoms with Crippen LogP contribution in [0.15, 0.2) is 12.2 Å². The quantitative estimate of drug-likeness (QED) is 0.0269. The number of hydrogen-bond acceptors (Lipinski definition) is 6. The van der Waals surface area contributed by atoms with Crippen molar-refractivity contribution in [2.45, 2.75) is 252 Å². The van der Waals surface area contributed by atoms with Crippen molar-refractivity contribution in [3.8, 4) is 0 Å². The first-order valence-corrected chi connectivity index (χ1v) is 22.7. The molecule has 306 valence electrons. The van der Waals surface area contributed by atoms with Gasteiger partial charge in [0.05, 0.1) is 0 Å². The Bertz CT molecular complexity index is 809. The van der Waals surface area contributed by atoms with E-state index in [1.165, 1.54) is 135 Å². The van der Waals surface area contributed by atoms with Gasteiger partial charge >= 0.3 is 17.9 Å². The van der Waals surface area contributed by atoms with Gasteiger partial charge in [-0.3, -0.25) is 14.4 Å². The molecule has 0 saturated heterocycles. The van der Waals surface area contributed by atoms with Crippen LogP contribution in [-0.4, -0.2) is 37.2 Å². The Morgan fingerprint density at radius 2 is 0.673 bits per heavy atom. The highest BCUT2D eigenvalue weighted by Crippen LogP contribution is 2.15. The van der Waals surface area contributed by atoms with Gasteiger partial charge in [0.15, 0.2) is 6.10 Å². The van der Waals surface area contributed by atoms with Crippen LogP contribution in [0.5, 0.6) is 0 Å². The van der Waals surface area contributed by atoms with Crippen molar-refractivity contribution in [3.05, 3.63) is 12.2 Å². The second-order valence-electron chi connectivity index (χ2n) is 15.3. The SMILES string of the molecule is CCC/C=C\CCCCCCCC(=O)OCC(COC(=O)CCCCCCCCCCCCCC)OC(=O)CCCCCCCCCCCCCC. The number of hydrogen-bond donors (Lipinski definition) is 0. The van der Waals surface area contributed by atoms with Gasteiger partial charge in [-0.15, -0.1) is 0 Å². The lowest BCUT2D eigenvalue weighted by molar-refractivity contribution is -0.167. The minimum absolute atomic E-state index is 0.0682. The summed E-state index contributed by atoms with van der Waals surface area (Å²) in [6, 6.07) is 0. The molecule has 0 bridgehead atoms. The van der Waals surface area contributed by atoms with Crippen LogP contribution in [0.1, 0.15) is 245 Å². The van der Waals surface area contributed by atoms with Crippen LogP contribution in [0.25, 0.3) is 0 Å². The van der Waals surface area contributed by atoms with Crippen molar-refractivity contribution < 1.29 is 28.6 Å². The molecule has 6 nitrogen and oxygen atoms in total. The largest absolute Gasteiger partial charge is 0.462 e. The minimum Gasteiger partial charge on any atom is -0.462 e. The topological polar surface area (TPSA) is 78.9 Å². The Hall–Kier alpha value is -1.85. The Balaban J connectivity index is 4.34. The second-order valence-corrected chi connectivity index (χ2v) is 15.3. The van der Waals surface area contributed by atoms with Crippen LogP contribution in [0.3, 0.4) is 0 Å². The fraction of sp³-hybridized carbons (Fsp3) is 0.891. The lowest BCUT2D eigenvalue weighted by Crippen LogP contribution is -2.30. The third-order valence-corrected chi connectivity index (χ3v) is 10.0. The highest BCUT2D eigenvalue weighted by molar-refractivity contribution is 5.71. The van der Waals surface area contributed by atoms with Crippen molar-refractivity contribution in [3.63, 3.8) is 0 Å². The van der Waals surface area contributed by atoms with E-state index in [-0.39, 0.29) is 31.1 Å². The van der Waals surface area contributed by atoms with E-state index in [1.807, 2.05) is 0 Å². The average Bonchev–Trinajstić information content (AvgIpc) is 3.14. The molecule has 1 atom stereocenters. The van der Waals surface area contributed by atoms with E-state index in [2.05, 4.69) is 32.9 Å². The van der Waals surface area contributed by atoms with Crippen molar-refractivity contribution in [1.29, 1.82) is 0 Å². The number of carbonyl (C=O) groups is 3. The zero-order chi connectivity index (χ0) is 38.0. The van der Waals surface area contributed by atoms with Crippen LogP contribution < -0.4 is 0 Å². The molecule has 0 aromatic heterocycles. The van der Waals surface area contributed by atoms with Crippen molar-refractivity contribution in [2.75, 3.05) is 13.2 Å². The normalized spacial score (nSPS) is 12.0. The van der Waals surface area contributed by atoms with Crippen molar-refractivity contribution in [2.24, 2.45) is 0 Å². The number of esters is 3. The van der Waals surface area contributed by atoms with Gasteiger partial charge in [0, 0.05) is 19.3 Å². The average molecular weight is 735 g/mol. The van der Waals surface area contributed by atoms with Crippen LogP contribution in [-0.2, 0) is 28.6 Å². The fourth-order valence-corrected chi connectivity index (χ4v) is 6.56. The molecule has 0 amide bonds. The summed E-state index contributed by atoms with van der Waals surface area (Å²) in [6.07, 6.45) is 43.3. The maximum atomic E-state index is 12.7. The monoisotopic (exact) mass is 735 g/mol. The van der Waals surface area contributed by atoms with E-state index >= 15 is 0 Å². The van der Waals surface area contributed by atoms with Gasteiger partial charge in [-0.2, -0.15) is 0 Å². The number of carbonyl (C=O) groups excluding carboxylic acids is 3. The predicted molar refractivity (Wildman–Crippen MR) is 220 cm³/mol. The number of allylic oxidation sites excluding steroid dienone is 2.